The third-order valence-electron chi connectivity index (χ3n) is 2.28. The topological polar surface area (TPSA) is 3.24 Å². The highest BCUT2D eigenvalue weighted by Gasteiger charge is 2.07. The lowest BCUT2D eigenvalue weighted by molar-refractivity contribution is 1.08. The molecule has 1 aliphatic rings. The lowest BCUT2D eigenvalue weighted by atomic mass is 10.0. The zero-order chi connectivity index (χ0) is 8.55. The van der Waals surface area contributed by atoms with Crippen LogP contribution in [0.5, 0.6) is 0 Å². The minimum absolute atomic E-state index is 1.07. The van der Waals surface area contributed by atoms with Gasteiger partial charge in [0.25, 0.3) is 0 Å². The molecule has 1 heterocycles. The molecule has 0 aliphatic carbocycles. The van der Waals surface area contributed by atoms with E-state index in [1.807, 2.05) is 0 Å². The molecule has 0 N–H and O–H groups in total. The van der Waals surface area contributed by atoms with E-state index in [-0.39, 0.29) is 0 Å². The van der Waals surface area contributed by atoms with Gasteiger partial charge in [0, 0.05) is 18.9 Å². The molecule has 62 valence electrons. The van der Waals surface area contributed by atoms with E-state index >= 15 is 0 Å². The van der Waals surface area contributed by atoms with E-state index in [0.29, 0.717) is 0 Å². The Bertz CT molecular complexity index is 326. The first-order valence-corrected chi connectivity index (χ1v) is 4.26. The monoisotopic (exact) mass is 159 g/mol. The molecule has 0 aromatic heterocycles. The van der Waals surface area contributed by atoms with Crippen LogP contribution in [0.1, 0.15) is 11.1 Å². The molecule has 2 rings (SSSR count). The van der Waals surface area contributed by atoms with Crippen LogP contribution < -0.4 is 4.90 Å². The highest BCUT2D eigenvalue weighted by molar-refractivity contribution is 5.59. The second kappa shape index (κ2) is 2.67. The smallest absolute Gasteiger partial charge is 0.0439 e. The van der Waals surface area contributed by atoms with Crippen LogP contribution in [0.3, 0.4) is 0 Å². The Morgan fingerprint density at radius 3 is 3.00 bits per heavy atom. The maximum absolute atomic E-state index is 2.26. The van der Waals surface area contributed by atoms with Gasteiger partial charge in [-0.1, -0.05) is 23.8 Å². The lowest BCUT2D eigenvalue weighted by Gasteiger charge is -2.22. The summed E-state index contributed by atoms with van der Waals surface area (Å²) in [6.45, 7) is 2.14. The largest absolute Gasteiger partial charge is 0.351 e. The summed E-state index contributed by atoms with van der Waals surface area (Å²) in [5, 5.41) is 0. The first kappa shape index (κ1) is 7.41. The Morgan fingerprint density at radius 1 is 1.33 bits per heavy atom. The van der Waals surface area contributed by atoms with Gasteiger partial charge in [-0.2, -0.15) is 0 Å². The summed E-state index contributed by atoms with van der Waals surface area (Å²) < 4.78 is 0. The molecule has 0 saturated carbocycles. The fraction of sp³-hybridized carbons (Fsp3) is 0.273. The van der Waals surface area contributed by atoms with Crippen LogP contribution in [0.15, 0.2) is 30.5 Å². The maximum Gasteiger partial charge on any atom is 0.0439 e. The van der Waals surface area contributed by atoms with Gasteiger partial charge in [-0.15, -0.1) is 0 Å². The Kier molecular flexibility index (Phi) is 1.65. The summed E-state index contributed by atoms with van der Waals surface area (Å²) in [4.78, 5) is 2.16. The van der Waals surface area contributed by atoms with Gasteiger partial charge in [-0.3, -0.25) is 0 Å². The second-order valence-corrected chi connectivity index (χ2v) is 3.33. The van der Waals surface area contributed by atoms with Crippen molar-refractivity contribution in [1.82, 2.24) is 0 Å². The van der Waals surface area contributed by atoms with Gasteiger partial charge in [-0.25, -0.2) is 0 Å². The Hall–Kier alpha value is -1.24. The fourth-order valence-corrected chi connectivity index (χ4v) is 1.64. The molecule has 0 radical (unpaired) electrons. The molecule has 0 unspecified atom stereocenters. The van der Waals surface area contributed by atoms with Crippen LogP contribution in [-0.2, 0) is 6.42 Å². The third-order valence-corrected chi connectivity index (χ3v) is 2.28. The molecule has 1 aromatic rings. The molecular formula is C11H13N. The van der Waals surface area contributed by atoms with Crippen molar-refractivity contribution in [3.63, 3.8) is 0 Å². The molecule has 1 aromatic carbocycles. The molecule has 1 heteroatoms. The number of aryl methyl sites for hydroxylation is 1. The fourth-order valence-electron chi connectivity index (χ4n) is 1.64. The number of hydrogen-bond donors (Lipinski definition) is 0. The summed E-state index contributed by atoms with van der Waals surface area (Å²) >= 11 is 0. The number of nitrogens with zero attached hydrogens (tertiary/aromatic N) is 1. The van der Waals surface area contributed by atoms with Crippen LogP contribution in [0.2, 0.25) is 0 Å². The van der Waals surface area contributed by atoms with Gasteiger partial charge in [-0.05, 0) is 25.0 Å². The number of fused-ring (bicyclic) bond motifs is 1. The van der Waals surface area contributed by atoms with Crippen molar-refractivity contribution in [2.45, 2.75) is 13.3 Å². The van der Waals surface area contributed by atoms with E-state index in [0.717, 1.165) is 6.42 Å². The van der Waals surface area contributed by atoms with Crippen LogP contribution in [0.4, 0.5) is 5.69 Å². The quantitative estimate of drug-likeness (QED) is 0.562. The normalized spacial score (nSPS) is 14.7. The SMILES string of the molecule is Cc1ccc2c(c1)CC=CN2C. The molecule has 0 atom stereocenters. The molecule has 0 spiro atoms. The van der Waals surface area contributed by atoms with Crippen LogP contribution in [0, 0.1) is 6.92 Å². The number of anilines is 1. The average molecular weight is 159 g/mol. The number of benzene rings is 1. The molecule has 0 saturated heterocycles. The summed E-state index contributed by atoms with van der Waals surface area (Å²) in [6, 6.07) is 6.61. The molecular weight excluding hydrogens is 146 g/mol. The molecule has 1 nitrogen and oxygen atoms in total. The summed E-state index contributed by atoms with van der Waals surface area (Å²) in [5.74, 6) is 0. The summed E-state index contributed by atoms with van der Waals surface area (Å²) in [6.07, 6.45) is 5.39. The zero-order valence-corrected chi connectivity index (χ0v) is 7.54. The van der Waals surface area contributed by atoms with Crippen molar-refractivity contribution >= 4 is 5.69 Å². The standard InChI is InChI=1S/C11H13N/c1-9-5-6-11-10(8-9)4-3-7-12(11)2/h3,5-8H,4H2,1-2H3. The number of hydrogen-bond acceptors (Lipinski definition) is 1. The van der Waals surface area contributed by atoms with Crippen LogP contribution in [-0.4, -0.2) is 7.05 Å². The van der Waals surface area contributed by atoms with Crippen molar-refractivity contribution in [3.05, 3.63) is 41.6 Å². The predicted molar refractivity (Wildman–Crippen MR) is 52.4 cm³/mol. The third kappa shape index (κ3) is 1.11. The van der Waals surface area contributed by atoms with E-state index in [9.17, 15) is 0 Å². The van der Waals surface area contributed by atoms with E-state index in [1.165, 1.54) is 16.8 Å². The van der Waals surface area contributed by atoms with Crippen molar-refractivity contribution < 1.29 is 0 Å². The van der Waals surface area contributed by atoms with Crippen molar-refractivity contribution in [3.8, 4) is 0 Å². The zero-order valence-electron chi connectivity index (χ0n) is 7.54. The number of allylic oxidation sites excluding steroid dienone is 1. The van der Waals surface area contributed by atoms with E-state index < -0.39 is 0 Å². The van der Waals surface area contributed by atoms with Gasteiger partial charge < -0.3 is 4.90 Å². The minimum Gasteiger partial charge on any atom is -0.351 e. The summed E-state index contributed by atoms with van der Waals surface area (Å²) in [7, 11) is 2.09. The summed E-state index contributed by atoms with van der Waals surface area (Å²) in [5.41, 5.74) is 4.11. The average Bonchev–Trinajstić information content (AvgIpc) is 2.04. The van der Waals surface area contributed by atoms with Crippen molar-refractivity contribution in [1.29, 1.82) is 0 Å². The highest BCUT2D eigenvalue weighted by Crippen LogP contribution is 2.24. The molecule has 1 aliphatic heterocycles. The minimum atomic E-state index is 1.07. The van der Waals surface area contributed by atoms with Gasteiger partial charge in [0.1, 0.15) is 0 Å². The van der Waals surface area contributed by atoms with Crippen LogP contribution >= 0.6 is 0 Å². The van der Waals surface area contributed by atoms with Crippen LogP contribution in [0.25, 0.3) is 0 Å². The van der Waals surface area contributed by atoms with Gasteiger partial charge >= 0.3 is 0 Å². The molecule has 0 fully saturated rings. The number of rotatable bonds is 0. The lowest BCUT2D eigenvalue weighted by Crippen LogP contribution is -2.13. The van der Waals surface area contributed by atoms with Crippen molar-refractivity contribution in [2.24, 2.45) is 0 Å². The maximum atomic E-state index is 2.26. The first-order valence-electron chi connectivity index (χ1n) is 4.26. The first-order chi connectivity index (χ1) is 5.77. The van der Waals surface area contributed by atoms with Gasteiger partial charge in [0.15, 0.2) is 0 Å². The predicted octanol–water partition coefficient (Wildman–Crippen LogP) is 2.50. The molecule has 0 bridgehead atoms. The molecule has 12 heavy (non-hydrogen) atoms. The van der Waals surface area contributed by atoms with Gasteiger partial charge in [0.2, 0.25) is 0 Å². The van der Waals surface area contributed by atoms with E-state index in [1.54, 1.807) is 0 Å². The van der Waals surface area contributed by atoms with E-state index in [2.05, 4.69) is 49.3 Å². The van der Waals surface area contributed by atoms with Crippen molar-refractivity contribution in [2.75, 3.05) is 11.9 Å². The Balaban J connectivity index is 2.51. The Labute approximate surface area is 73.3 Å². The highest BCUT2D eigenvalue weighted by atomic mass is 15.1. The Morgan fingerprint density at radius 2 is 2.17 bits per heavy atom. The second-order valence-electron chi connectivity index (χ2n) is 3.33. The van der Waals surface area contributed by atoms with E-state index in [4.69, 9.17) is 0 Å². The van der Waals surface area contributed by atoms with Gasteiger partial charge in [0.05, 0.1) is 0 Å². The molecule has 0 amide bonds.